The molecule has 1 atom stereocenters. The lowest BCUT2D eigenvalue weighted by Crippen LogP contribution is -2.26. The minimum absolute atomic E-state index is 0.0155. The quantitative estimate of drug-likeness (QED) is 0.532. The molecule has 0 saturated heterocycles. The maximum absolute atomic E-state index is 13.1. The predicted octanol–water partition coefficient (Wildman–Crippen LogP) is 3.75. The van der Waals surface area contributed by atoms with Gasteiger partial charge in [-0.3, -0.25) is 4.79 Å². The van der Waals surface area contributed by atoms with Crippen LogP contribution in [0.25, 0.3) is 0 Å². The van der Waals surface area contributed by atoms with E-state index in [0.29, 0.717) is 11.3 Å². The zero-order valence-corrected chi connectivity index (χ0v) is 18.8. The van der Waals surface area contributed by atoms with Gasteiger partial charge in [0.25, 0.3) is 5.91 Å². The van der Waals surface area contributed by atoms with E-state index in [0.717, 1.165) is 11.1 Å². The molecule has 1 amide bonds. The highest BCUT2D eigenvalue weighted by Gasteiger charge is 2.27. The van der Waals surface area contributed by atoms with Gasteiger partial charge in [0, 0.05) is 11.3 Å². The van der Waals surface area contributed by atoms with E-state index >= 15 is 0 Å². The smallest absolute Gasteiger partial charge is 0.339 e. The minimum atomic E-state index is -3.74. The molecule has 7 nitrogen and oxygen atoms in total. The number of hydrogen-bond donors (Lipinski definition) is 2. The number of carbonyl (C=O) groups excluding carboxylic acids is 2. The normalized spacial score (nSPS) is 12.1. The van der Waals surface area contributed by atoms with E-state index < -0.39 is 28.0 Å². The number of ether oxygens (including phenoxy) is 1. The van der Waals surface area contributed by atoms with Gasteiger partial charge in [-0.15, -0.1) is 0 Å². The molecule has 0 heterocycles. The van der Waals surface area contributed by atoms with Gasteiger partial charge in [0.2, 0.25) is 16.1 Å². The van der Waals surface area contributed by atoms with Crippen LogP contribution < -0.4 is 10.0 Å². The van der Waals surface area contributed by atoms with Gasteiger partial charge in [0.1, 0.15) is 0 Å². The lowest BCUT2D eigenvalue weighted by molar-refractivity contribution is -0.125. The SMILES string of the molecule is CNS(=O)(=O)c1cccc(C(=O)OC(C(=O)Nc2cc(C)ccc2C)c2ccccc2)c1. The number of aryl methyl sites for hydroxylation is 2. The molecule has 0 radical (unpaired) electrons. The molecule has 2 N–H and O–H groups in total. The second-order valence-electron chi connectivity index (χ2n) is 7.24. The molecule has 0 aliphatic heterocycles. The van der Waals surface area contributed by atoms with Crippen LogP contribution in [0.5, 0.6) is 0 Å². The standard InChI is InChI=1S/C24H24N2O5S/c1-16-12-13-17(2)21(14-16)26-23(27)22(18-8-5-4-6-9-18)31-24(28)19-10-7-11-20(15-19)32(29,30)25-3/h4-15,22,25H,1-3H3,(H,26,27). The first-order valence-corrected chi connectivity index (χ1v) is 11.4. The molecular weight excluding hydrogens is 428 g/mol. The summed E-state index contributed by atoms with van der Waals surface area (Å²) in [6.07, 6.45) is -1.23. The topological polar surface area (TPSA) is 102 Å². The Kier molecular flexibility index (Phi) is 7.07. The van der Waals surface area contributed by atoms with Gasteiger partial charge >= 0.3 is 5.97 Å². The Labute approximate surface area is 187 Å². The van der Waals surface area contributed by atoms with Gasteiger partial charge in [-0.25, -0.2) is 17.9 Å². The number of benzene rings is 3. The number of nitrogens with one attached hydrogen (secondary N) is 2. The van der Waals surface area contributed by atoms with E-state index in [-0.39, 0.29) is 10.5 Å². The van der Waals surface area contributed by atoms with Crippen LogP contribution in [0, 0.1) is 13.8 Å². The third-order valence-corrected chi connectivity index (χ3v) is 6.28. The first-order chi connectivity index (χ1) is 15.2. The average molecular weight is 453 g/mol. The summed E-state index contributed by atoms with van der Waals surface area (Å²) in [6.45, 7) is 3.78. The lowest BCUT2D eigenvalue weighted by Gasteiger charge is -2.19. The number of anilines is 1. The molecule has 0 spiro atoms. The minimum Gasteiger partial charge on any atom is -0.444 e. The molecule has 166 valence electrons. The van der Waals surface area contributed by atoms with Crippen LogP contribution >= 0.6 is 0 Å². The maximum atomic E-state index is 13.1. The average Bonchev–Trinajstić information content (AvgIpc) is 2.80. The van der Waals surface area contributed by atoms with Crippen molar-refractivity contribution in [2.45, 2.75) is 24.8 Å². The van der Waals surface area contributed by atoms with Gasteiger partial charge in [-0.05, 0) is 56.3 Å². The Morgan fingerprint density at radius 2 is 1.62 bits per heavy atom. The van der Waals surface area contributed by atoms with Gasteiger partial charge in [-0.2, -0.15) is 0 Å². The lowest BCUT2D eigenvalue weighted by atomic mass is 10.1. The van der Waals surface area contributed by atoms with Crippen molar-refractivity contribution >= 4 is 27.6 Å². The Hall–Kier alpha value is -3.49. The third kappa shape index (κ3) is 5.40. The molecule has 3 aromatic rings. The molecule has 3 rings (SSSR count). The molecule has 0 fully saturated rings. The Bertz CT molecular complexity index is 1240. The first-order valence-electron chi connectivity index (χ1n) is 9.89. The fraction of sp³-hybridized carbons (Fsp3) is 0.167. The van der Waals surface area contributed by atoms with Crippen molar-refractivity contribution in [1.29, 1.82) is 0 Å². The van der Waals surface area contributed by atoms with Crippen molar-refractivity contribution in [2.75, 3.05) is 12.4 Å². The predicted molar refractivity (Wildman–Crippen MR) is 122 cm³/mol. The van der Waals surface area contributed by atoms with Crippen LogP contribution in [0.3, 0.4) is 0 Å². The van der Waals surface area contributed by atoms with Crippen molar-refractivity contribution < 1.29 is 22.7 Å². The van der Waals surface area contributed by atoms with Crippen molar-refractivity contribution in [3.8, 4) is 0 Å². The Balaban J connectivity index is 1.90. The highest BCUT2D eigenvalue weighted by Crippen LogP contribution is 2.24. The number of sulfonamides is 1. The van der Waals surface area contributed by atoms with Crippen LogP contribution in [0.1, 0.15) is 33.2 Å². The number of esters is 1. The van der Waals surface area contributed by atoms with Crippen LogP contribution in [-0.2, 0) is 19.6 Å². The van der Waals surface area contributed by atoms with Gasteiger partial charge in [0.05, 0.1) is 10.5 Å². The number of rotatable bonds is 7. The molecule has 0 bridgehead atoms. The molecule has 0 aliphatic rings. The first kappa shape index (κ1) is 23.2. The molecular formula is C24H24N2O5S. The largest absolute Gasteiger partial charge is 0.444 e. The summed E-state index contributed by atoms with van der Waals surface area (Å²) in [4.78, 5) is 25.9. The van der Waals surface area contributed by atoms with E-state index in [4.69, 9.17) is 4.74 Å². The summed E-state index contributed by atoms with van der Waals surface area (Å²) in [5, 5.41) is 2.83. The molecule has 3 aromatic carbocycles. The molecule has 0 aromatic heterocycles. The summed E-state index contributed by atoms with van der Waals surface area (Å²) in [5.41, 5.74) is 2.97. The monoisotopic (exact) mass is 452 g/mol. The Morgan fingerprint density at radius 3 is 2.31 bits per heavy atom. The zero-order chi connectivity index (χ0) is 23.3. The highest BCUT2D eigenvalue weighted by atomic mass is 32.2. The summed E-state index contributed by atoms with van der Waals surface area (Å²) >= 11 is 0. The Morgan fingerprint density at radius 1 is 0.906 bits per heavy atom. The number of hydrogen-bond acceptors (Lipinski definition) is 5. The van der Waals surface area contributed by atoms with E-state index in [1.165, 1.54) is 31.3 Å². The number of amides is 1. The maximum Gasteiger partial charge on any atom is 0.339 e. The van der Waals surface area contributed by atoms with Crippen LogP contribution in [0.15, 0.2) is 77.7 Å². The van der Waals surface area contributed by atoms with E-state index in [2.05, 4.69) is 10.0 Å². The summed E-state index contributed by atoms with van der Waals surface area (Å²) in [6, 6.07) is 19.7. The van der Waals surface area contributed by atoms with E-state index in [9.17, 15) is 18.0 Å². The van der Waals surface area contributed by atoms with Crippen molar-refractivity contribution in [3.05, 3.63) is 95.1 Å². The van der Waals surface area contributed by atoms with Crippen molar-refractivity contribution in [2.24, 2.45) is 0 Å². The molecule has 1 unspecified atom stereocenters. The summed E-state index contributed by atoms with van der Waals surface area (Å²) < 4.78 is 31.9. The van der Waals surface area contributed by atoms with Gasteiger partial charge < -0.3 is 10.1 Å². The van der Waals surface area contributed by atoms with Crippen molar-refractivity contribution in [1.82, 2.24) is 4.72 Å². The van der Waals surface area contributed by atoms with Gasteiger partial charge in [-0.1, -0.05) is 48.5 Å². The molecule has 0 aliphatic carbocycles. The fourth-order valence-electron chi connectivity index (χ4n) is 3.05. The second kappa shape index (κ2) is 9.76. The molecule has 0 saturated carbocycles. The number of carbonyl (C=O) groups is 2. The van der Waals surface area contributed by atoms with Gasteiger partial charge in [0.15, 0.2) is 0 Å². The second-order valence-corrected chi connectivity index (χ2v) is 9.13. The zero-order valence-electron chi connectivity index (χ0n) is 18.0. The summed E-state index contributed by atoms with van der Waals surface area (Å²) in [7, 11) is -2.46. The van der Waals surface area contributed by atoms with Crippen LogP contribution in [0.2, 0.25) is 0 Å². The summed E-state index contributed by atoms with van der Waals surface area (Å²) in [5.74, 6) is -1.33. The molecule has 32 heavy (non-hydrogen) atoms. The fourth-order valence-corrected chi connectivity index (χ4v) is 3.83. The van der Waals surface area contributed by atoms with Crippen molar-refractivity contribution in [3.63, 3.8) is 0 Å². The van der Waals surface area contributed by atoms with E-state index in [1.54, 1.807) is 30.3 Å². The highest BCUT2D eigenvalue weighted by molar-refractivity contribution is 7.89. The van der Waals surface area contributed by atoms with Crippen LogP contribution in [0.4, 0.5) is 5.69 Å². The van der Waals surface area contributed by atoms with E-state index in [1.807, 2.05) is 32.0 Å². The third-order valence-electron chi connectivity index (χ3n) is 4.87. The molecule has 8 heteroatoms. The van der Waals surface area contributed by atoms with Crippen LogP contribution in [-0.4, -0.2) is 27.3 Å².